The van der Waals surface area contributed by atoms with Crippen LogP contribution in [0.15, 0.2) is 18.2 Å². The second-order valence-electron chi connectivity index (χ2n) is 3.71. The number of hydrogen-bond donors (Lipinski definition) is 3. The summed E-state index contributed by atoms with van der Waals surface area (Å²) >= 11 is 0. The van der Waals surface area contributed by atoms with Gasteiger partial charge in [-0.25, -0.2) is 4.39 Å². The van der Waals surface area contributed by atoms with Crippen molar-refractivity contribution in [2.75, 3.05) is 6.54 Å². The Morgan fingerprint density at radius 3 is 3.00 bits per heavy atom. The fraction of sp³-hybridized carbons (Fsp3) is 0.167. The van der Waals surface area contributed by atoms with Gasteiger partial charge in [0.15, 0.2) is 5.82 Å². The second-order valence-corrected chi connectivity index (χ2v) is 3.71. The number of benzene rings is 1. The Bertz CT molecular complexity index is 658. The molecule has 2 aromatic rings. The van der Waals surface area contributed by atoms with Gasteiger partial charge in [-0.1, -0.05) is 17.1 Å². The molecule has 0 atom stereocenters. The van der Waals surface area contributed by atoms with Gasteiger partial charge in [-0.3, -0.25) is 4.79 Å². The van der Waals surface area contributed by atoms with E-state index in [4.69, 9.17) is 5.73 Å². The summed E-state index contributed by atoms with van der Waals surface area (Å²) in [6, 6.07) is 4.10. The minimum atomic E-state index is -0.653. The molecule has 1 heterocycles. The van der Waals surface area contributed by atoms with Gasteiger partial charge in [-0.2, -0.15) is 5.21 Å². The summed E-state index contributed by atoms with van der Waals surface area (Å²) < 4.78 is 13.8. The Morgan fingerprint density at radius 2 is 2.35 bits per heavy atom. The lowest BCUT2D eigenvalue weighted by molar-refractivity contribution is 0.0946. The van der Waals surface area contributed by atoms with Gasteiger partial charge >= 0.3 is 0 Å². The van der Waals surface area contributed by atoms with Gasteiger partial charge in [0, 0.05) is 5.56 Å². The number of tetrazole rings is 1. The van der Waals surface area contributed by atoms with E-state index in [-0.39, 0.29) is 18.7 Å². The van der Waals surface area contributed by atoms with Crippen LogP contribution < -0.4 is 11.1 Å². The number of halogens is 1. The highest BCUT2D eigenvalue weighted by molar-refractivity contribution is 5.94. The average Bonchev–Trinajstić information content (AvgIpc) is 2.96. The van der Waals surface area contributed by atoms with Crippen LogP contribution in [-0.2, 0) is 6.54 Å². The molecule has 8 heteroatoms. The third kappa shape index (κ3) is 3.37. The third-order valence-corrected chi connectivity index (χ3v) is 2.34. The van der Waals surface area contributed by atoms with E-state index in [2.05, 4.69) is 37.8 Å². The highest BCUT2D eigenvalue weighted by atomic mass is 19.1. The number of hydrogen-bond acceptors (Lipinski definition) is 5. The van der Waals surface area contributed by atoms with Gasteiger partial charge in [0.05, 0.1) is 18.7 Å². The molecule has 0 spiro atoms. The molecule has 2 rings (SSSR count). The number of carbonyl (C=O) groups excluding carboxylic acids is 1. The summed E-state index contributed by atoms with van der Waals surface area (Å²) in [5.41, 5.74) is 5.61. The van der Waals surface area contributed by atoms with Crippen LogP contribution in [0.2, 0.25) is 0 Å². The molecule has 0 aliphatic rings. The smallest absolute Gasteiger partial charge is 0.254 e. The van der Waals surface area contributed by atoms with Crippen LogP contribution in [0.5, 0.6) is 0 Å². The Labute approximate surface area is 113 Å². The molecule has 0 saturated carbocycles. The highest BCUT2D eigenvalue weighted by Crippen LogP contribution is 2.10. The predicted octanol–water partition coefficient (Wildman–Crippen LogP) is -0.421. The maximum Gasteiger partial charge on any atom is 0.254 e. The lowest BCUT2D eigenvalue weighted by atomic mass is 10.1. The summed E-state index contributed by atoms with van der Waals surface area (Å²) in [4.78, 5) is 11.8. The first-order valence-corrected chi connectivity index (χ1v) is 5.69. The van der Waals surface area contributed by atoms with Gasteiger partial charge in [0.25, 0.3) is 5.91 Å². The number of nitrogens with one attached hydrogen (secondary N) is 2. The monoisotopic (exact) mass is 274 g/mol. The van der Waals surface area contributed by atoms with E-state index in [1.54, 1.807) is 6.07 Å². The molecule has 0 bridgehead atoms. The number of carbonyl (C=O) groups is 1. The summed E-state index contributed by atoms with van der Waals surface area (Å²) in [5.74, 6) is 4.39. The number of nitrogens with two attached hydrogens (primary N) is 1. The van der Waals surface area contributed by atoms with Crippen molar-refractivity contribution in [3.05, 3.63) is 41.0 Å². The first-order valence-electron chi connectivity index (χ1n) is 5.69. The first-order chi connectivity index (χ1) is 9.70. The molecule has 0 unspecified atom stereocenters. The Hall–Kier alpha value is -2.79. The lowest BCUT2D eigenvalue weighted by Gasteiger charge is -2.04. The number of amides is 1. The van der Waals surface area contributed by atoms with Gasteiger partial charge in [-0.15, -0.1) is 10.2 Å². The topological polar surface area (TPSA) is 110 Å². The number of rotatable bonds is 3. The van der Waals surface area contributed by atoms with Crippen LogP contribution in [0.1, 0.15) is 21.7 Å². The summed E-state index contributed by atoms with van der Waals surface area (Å²) in [7, 11) is 0. The van der Waals surface area contributed by atoms with E-state index in [9.17, 15) is 9.18 Å². The van der Waals surface area contributed by atoms with E-state index in [1.165, 1.54) is 12.1 Å². The minimum absolute atomic E-state index is 0.0590. The highest BCUT2D eigenvalue weighted by Gasteiger charge is 2.12. The van der Waals surface area contributed by atoms with Crippen molar-refractivity contribution in [2.24, 2.45) is 5.73 Å². The maximum atomic E-state index is 13.8. The van der Waals surface area contributed by atoms with Gasteiger partial charge in [0.2, 0.25) is 0 Å². The quantitative estimate of drug-likeness (QED) is 0.658. The molecule has 1 amide bonds. The predicted molar refractivity (Wildman–Crippen MR) is 67.7 cm³/mol. The van der Waals surface area contributed by atoms with E-state index in [0.29, 0.717) is 11.4 Å². The zero-order valence-corrected chi connectivity index (χ0v) is 10.4. The largest absolute Gasteiger partial charge is 0.344 e. The molecule has 0 aliphatic heterocycles. The molecule has 0 aliphatic carbocycles. The molecule has 1 aromatic heterocycles. The van der Waals surface area contributed by atoms with Crippen molar-refractivity contribution in [2.45, 2.75) is 6.54 Å². The number of H-pyrrole nitrogens is 1. The fourth-order valence-corrected chi connectivity index (χ4v) is 1.44. The Balaban J connectivity index is 2.06. The molecule has 0 radical (unpaired) electrons. The fourth-order valence-electron chi connectivity index (χ4n) is 1.44. The third-order valence-electron chi connectivity index (χ3n) is 2.34. The minimum Gasteiger partial charge on any atom is -0.344 e. The summed E-state index contributed by atoms with van der Waals surface area (Å²) in [6.45, 7) is 0.248. The molecule has 102 valence electrons. The first kappa shape index (κ1) is 13.6. The van der Waals surface area contributed by atoms with E-state index in [1.807, 2.05) is 0 Å². The van der Waals surface area contributed by atoms with Crippen LogP contribution >= 0.6 is 0 Å². The average molecular weight is 274 g/mol. The molecular formula is C12H11FN6O. The van der Waals surface area contributed by atoms with E-state index in [0.717, 1.165) is 0 Å². The van der Waals surface area contributed by atoms with Crippen molar-refractivity contribution in [3.63, 3.8) is 0 Å². The number of aromatic nitrogens is 4. The summed E-state index contributed by atoms with van der Waals surface area (Å²) in [5, 5.41) is 15.4. The van der Waals surface area contributed by atoms with Crippen molar-refractivity contribution >= 4 is 5.91 Å². The van der Waals surface area contributed by atoms with Crippen molar-refractivity contribution in [1.82, 2.24) is 25.9 Å². The molecular weight excluding hydrogens is 263 g/mol. The van der Waals surface area contributed by atoms with Crippen molar-refractivity contribution in [1.29, 1.82) is 0 Å². The Kier molecular flexibility index (Phi) is 4.36. The molecule has 7 nitrogen and oxygen atoms in total. The van der Waals surface area contributed by atoms with Gasteiger partial charge in [-0.05, 0) is 18.2 Å². The molecule has 0 saturated heterocycles. The lowest BCUT2D eigenvalue weighted by Crippen LogP contribution is -2.24. The normalized spacial score (nSPS) is 9.70. The second kappa shape index (κ2) is 6.40. The van der Waals surface area contributed by atoms with Crippen molar-refractivity contribution in [3.8, 4) is 11.8 Å². The van der Waals surface area contributed by atoms with Crippen LogP contribution in [0.3, 0.4) is 0 Å². The van der Waals surface area contributed by atoms with Crippen LogP contribution in [0.4, 0.5) is 4.39 Å². The summed E-state index contributed by atoms with van der Waals surface area (Å²) in [6.07, 6.45) is 0. The van der Waals surface area contributed by atoms with Crippen LogP contribution in [0.25, 0.3) is 0 Å². The maximum absolute atomic E-state index is 13.8. The van der Waals surface area contributed by atoms with Crippen molar-refractivity contribution < 1.29 is 9.18 Å². The molecule has 0 fully saturated rings. The molecule has 4 N–H and O–H groups in total. The zero-order chi connectivity index (χ0) is 14.4. The Morgan fingerprint density at radius 1 is 1.50 bits per heavy atom. The zero-order valence-electron chi connectivity index (χ0n) is 10.4. The van der Waals surface area contributed by atoms with E-state index >= 15 is 0 Å². The number of nitrogens with zero attached hydrogens (tertiary/aromatic N) is 3. The van der Waals surface area contributed by atoms with Gasteiger partial charge < -0.3 is 11.1 Å². The molecule has 1 aromatic carbocycles. The van der Waals surface area contributed by atoms with Crippen LogP contribution in [0, 0.1) is 17.7 Å². The van der Waals surface area contributed by atoms with Gasteiger partial charge in [0.1, 0.15) is 5.82 Å². The van der Waals surface area contributed by atoms with E-state index < -0.39 is 11.7 Å². The SMILES string of the molecule is NCC#Cc1ccc(C(=O)NCc2nn[nH]n2)c(F)c1. The number of aromatic amines is 1. The van der Waals surface area contributed by atoms with Crippen LogP contribution in [-0.4, -0.2) is 33.1 Å². The standard InChI is InChI=1S/C12H11FN6O/c13-10-6-8(2-1-5-14)3-4-9(10)12(20)15-7-11-16-18-19-17-11/h3-4,6H,5,7,14H2,(H,15,20)(H,16,17,18,19). The molecule has 20 heavy (non-hydrogen) atoms.